The first kappa shape index (κ1) is 21.3. The molecule has 3 aromatic rings. The van der Waals surface area contributed by atoms with Crippen LogP contribution in [-0.4, -0.2) is 55.8 Å². The molecule has 1 aromatic heterocycles. The Labute approximate surface area is 185 Å². The van der Waals surface area contributed by atoms with Crippen molar-refractivity contribution < 1.29 is 19.0 Å². The van der Waals surface area contributed by atoms with Crippen molar-refractivity contribution in [3.05, 3.63) is 59.5 Å². The van der Waals surface area contributed by atoms with Crippen molar-refractivity contribution in [3.63, 3.8) is 0 Å². The minimum atomic E-state index is -0.266. The predicted molar refractivity (Wildman–Crippen MR) is 121 cm³/mol. The van der Waals surface area contributed by atoms with Gasteiger partial charge in [0, 0.05) is 30.1 Å². The maximum Gasteiger partial charge on any atom is 0.264 e. The van der Waals surface area contributed by atoms with E-state index in [-0.39, 0.29) is 12.5 Å². The summed E-state index contributed by atoms with van der Waals surface area (Å²) in [6, 6.07) is 17.3. The van der Waals surface area contributed by atoms with Crippen LogP contribution >= 0.6 is 11.3 Å². The third-order valence-electron chi connectivity index (χ3n) is 4.89. The van der Waals surface area contributed by atoms with Crippen molar-refractivity contribution >= 4 is 22.4 Å². The molecule has 2 aromatic carbocycles. The van der Waals surface area contributed by atoms with Crippen LogP contribution < -0.4 is 14.8 Å². The molecule has 0 bridgehead atoms. The highest BCUT2D eigenvalue weighted by atomic mass is 32.1. The molecule has 0 radical (unpaired) electrons. The minimum Gasteiger partial charge on any atom is -0.493 e. The van der Waals surface area contributed by atoms with Crippen LogP contribution in [0.25, 0.3) is 11.3 Å². The Kier molecular flexibility index (Phi) is 7.14. The summed E-state index contributed by atoms with van der Waals surface area (Å²) in [4.78, 5) is 20.7. The Hall–Kier alpha value is -2.94. The fraction of sp³-hybridized carbons (Fsp3) is 0.304. The van der Waals surface area contributed by atoms with Gasteiger partial charge in [0.25, 0.3) is 5.91 Å². The molecular formula is C23H25N3O4S. The molecule has 0 spiro atoms. The molecule has 0 atom stereocenters. The second-order valence-corrected chi connectivity index (χ2v) is 8.12. The fourth-order valence-corrected chi connectivity index (χ4v) is 4.38. The van der Waals surface area contributed by atoms with E-state index in [4.69, 9.17) is 19.2 Å². The number of carbonyl (C=O) groups is 1. The fourth-order valence-electron chi connectivity index (χ4n) is 3.33. The van der Waals surface area contributed by atoms with Crippen LogP contribution in [0.15, 0.2) is 54.6 Å². The molecule has 162 valence electrons. The number of rotatable bonds is 8. The zero-order valence-corrected chi connectivity index (χ0v) is 18.2. The average Bonchev–Trinajstić information content (AvgIpc) is 3.21. The number of hydrogen-bond acceptors (Lipinski definition) is 7. The molecule has 1 aliphatic heterocycles. The highest BCUT2D eigenvalue weighted by molar-refractivity contribution is 7.16. The van der Waals surface area contributed by atoms with Crippen molar-refractivity contribution in [1.29, 1.82) is 0 Å². The first-order valence-electron chi connectivity index (χ1n) is 10.1. The monoisotopic (exact) mass is 439 g/mol. The highest BCUT2D eigenvalue weighted by Gasteiger charge is 2.19. The molecule has 0 unspecified atom stereocenters. The summed E-state index contributed by atoms with van der Waals surface area (Å²) < 4.78 is 16.3. The van der Waals surface area contributed by atoms with Crippen molar-refractivity contribution in [1.82, 2.24) is 9.88 Å². The molecule has 1 amide bonds. The second-order valence-electron chi connectivity index (χ2n) is 7.03. The zero-order chi connectivity index (χ0) is 21.5. The van der Waals surface area contributed by atoms with E-state index in [1.54, 1.807) is 19.2 Å². The Balaban J connectivity index is 1.46. The smallest absolute Gasteiger partial charge is 0.264 e. The number of hydrogen-bond donors (Lipinski definition) is 1. The van der Waals surface area contributed by atoms with E-state index in [0.717, 1.165) is 49.0 Å². The zero-order valence-electron chi connectivity index (χ0n) is 17.4. The van der Waals surface area contributed by atoms with Crippen LogP contribution in [0.4, 0.5) is 5.13 Å². The van der Waals surface area contributed by atoms with Gasteiger partial charge in [-0.15, -0.1) is 0 Å². The van der Waals surface area contributed by atoms with Crippen LogP contribution in [0.1, 0.15) is 4.88 Å². The number of benzene rings is 2. The number of nitrogens with one attached hydrogen (secondary N) is 1. The Morgan fingerprint density at radius 3 is 2.55 bits per heavy atom. The summed E-state index contributed by atoms with van der Waals surface area (Å²) in [7, 11) is 1.57. The first-order valence-corrected chi connectivity index (χ1v) is 11.0. The summed E-state index contributed by atoms with van der Waals surface area (Å²) in [5, 5.41) is 3.44. The van der Waals surface area contributed by atoms with E-state index in [9.17, 15) is 4.79 Å². The standard InChI is InChI=1S/C23H25N3O4S/c1-28-18-9-5-6-10-19(18)30-16-21(27)24-23-25-22(17-7-3-2-4-8-17)20(31-23)15-26-11-13-29-14-12-26/h2-10H,11-16H2,1H3,(H,24,25,27). The number of methoxy groups -OCH3 is 1. The molecule has 1 aliphatic rings. The average molecular weight is 440 g/mol. The molecule has 7 nitrogen and oxygen atoms in total. The lowest BCUT2D eigenvalue weighted by molar-refractivity contribution is -0.118. The van der Waals surface area contributed by atoms with E-state index < -0.39 is 0 Å². The molecule has 0 saturated carbocycles. The van der Waals surface area contributed by atoms with Gasteiger partial charge in [-0.3, -0.25) is 15.0 Å². The Morgan fingerprint density at radius 2 is 1.81 bits per heavy atom. The number of morpholine rings is 1. The molecule has 1 fully saturated rings. The number of carbonyl (C=O) groups excluding carboxylic acids is 1. The van der Waals surface area contributed by atoms with Crippen LogP contribution in [0.5, 0.6) is 11.5 Å². The number of thiazole rings is 1. The van der Waals surface area contributed by atoms with Crippen molar-refractivity contribution in [2.24, 2.45) is 0 Å². The van der Waals surface area contributed by atoms with Gasteiger partial charge in [-0.2, -0.15) is 0 Å². The minimum absolute atomic E-state index is 0.126. The SMILES string of the molecule is COc1ccccc1OCC(=O)Nc1nc(-c2ccccc2)c(CN2CCOCC2)s1. The molecule has 1 saturated heterocycles. The number of ether oxygens (including phenoxy) is 3. The first-order chi connectivity index (χ1) is 15.2. The number of anilines is 1. The summed E-state index contributed by atoms with van der Waals surface area (Å²) in [6.45, 7) is 3.91. The van der Waals surface area contributed by atoms with Gasteiger partial charge in [0.1, 0.15) is 0 Å². The number of amides is 1. The third-order valence-corrected chi connectivity index (χ3v) is 5.85. The van der Waals surface area contributed by atoms with Gasteiger partial charge in [-0.25, -0.2) is 4.98 Å². The van der Waals surface area contributed by atoms with E-state index >= 15 is 0 Å². The summed E-state index contributed by atoms with van der Waals surface area (Å²) in [5.74, 6) is 0.846. The summed E-state index contributed by atoms with van der Waals surface area (Å²) in [6.07, 6.45) is 0. The van der Waals surface area contributed by atoms with Gasteiger partial charge in [-0.1, -0.05) is 53.8 Å². The molecule has 31 heavy (non-hydrogen) atoms. The van der Waals surface area contributed by atoms with Gasteiger partial charge in [0.15, 0.2) is 23.2 Å². The Morgan fingerprint density at radius 1 is 1.10 bits per heavy atom. The summed E-state index contributed by atoms with van der Waals surface area (Å²) in [5.41, 5.74) is 1.94. The largest absolute Gasteiger partial charge is 0.493 e. The molecule has 4 rings (SSSR count). The topological polar surface area (TPSA) is 72.9 Å². The molecular weight excluding hydrogens is 414 g/mol. The lowest BCUT2D eigenvalue weighted by atomic mass is 10.1. The van der Waals surface area contributed by atoms with E-state index in [1.807, 2.05) is 42.5 Å². The molecule has 1 N–H and O–H groups in total. The van der Waals surface area contributed by atoms with Crippen molar-refractivity contribution in [2.45, 2.75) is 6.54 Å². The molecule has 8 heteroatoms. The van der Waals surface area contributed by atoms with E-state index in [1.165, 1.54) is 11.3 Å². The third kappa shape index (κ3) is 5.61. The number of para-hydroxylation sites is 2. The van der Waals surface area contributed by atoms with Crippen LogP contribution in [0.3, 0.4) is 0 Å². The quantitative estimate of drug-likeness (QED) is 0.577. The van der Waals surface area contributed by atoms with Gasteiger partial charge in [-0.05, 0) is 12.1 Å². The Bertz CT molecular complexity index is 1000. The maximum absolute atomic E-state index is 12.5. The normalized spacial score (nSPS) is 14.2. The highest BCUT2D eigenvalue weighted by Crippen LogP contribution is 2.32. The predicted octanol–water partition coefficient (Wildman–Crippen LogP) is 3.67. The number of aromatic nitrogens is 1. The van der Waals surface area contributed by atoms with Gasteiger partial charge in [0.2, 0.25) is 0 Å². The van der Waals surface area contributed by atoms with Crippen molar-refractivity contribution in [2.75, 3.05) is 45.3 Å². The lowest BCUT2D eigenvalue weighted by Crippen LogP contribution is -2.35. The van der Waals surface area contributed by atoms with Crippen LogP contribution in [0.2, 0.25) is 0 Å². The van der Waals surface area contributed by atoms with Crippen molar-refractivity contribution in [3.8, 4) is 22.8 Å². The van der Waals surface area contributed by atoms with E-state index in [2.05, 4.69) is 10.2 Å². The summed E-state index contributed by atoms with van der Waals surface area (Å²) >= 11 is 1.50. The second kappa shape index (κ2) is 10.4. The lowest BCUT2D eigenvalue weighted by Gasteiger charge is -2.26. The van der Waals surface area contributed by atoms with Gasteiger partial charge in [0.05, 0.1) is 26.0 Å². The maximum atomic E-state index is 12.5. The van der Waals surface area contributed by atoms with Crippen LogP contribution in [0, 0.1) is 0 Å². The van der Waals surface area contributed by atoms with Crippen LogP contribution in [-0.2, 0) is 16.1 Å². The van der Waals surface area contributed by atoms with Gasteiger partial charge >= 0.3 is 0 Å². The molecule has 2 heterocycles. The van der Waals surface area contributed by atoms with Gasteiger partial charge < -0.3 is 14.2 Å². The molecule has 0 aliphatic carbocycles. The number of nitrogens with zero attached hydrogens (tertiary/aromatic N) is 2. The van der Waals surface area contributed by atoms with E-state index in [0.29, 0.717) is 16.6 Å².